The normalized spacial score (nSPS) is 12.9. The second-order valence-corrected chi connectivity index (χ2v) is 5.16. The van der Waals surface area contributed by atoms with Gasteiger partial charge >= 0.3 is 25.7 Å². The van der Waals surface area contributed by atoms with Gasteiger partial charge in [0.15, 0.2) is 0 Å². The number of hydrogen-bond donors (Lipinski definition) is 3. The molecule has 0 aliphatic rings. The van der Waals surface area contributed by atoms with Crippen LogP contribution in [0.3, 0.4) is 0 Å². The number of nitrogens with zero attached hydrogens (tertiary/aromatic N) is 1. The molecule has 6 nitrogen and oxygen atoms in total. The summed E-state index contributed by atoms with van der Waals surface area (Å²) >= 11 is -2.00. The van der Waals surface area contributed by atoms with E-state index in [0.29, 0.717) is 0 Å². The monoisotopic (exact) mass is 271 g/mol. The average molecular weight is 271 g/mol. The zero-order valence-electron chi connectivity index (χ0n) is 10.6. The van der Waals surface area contributed by atoms with E-state index in [9.17, 15) is 15.3 Å². The van der Waals surface area contributed by atoms with Crippen LogP contribution in [0.1, 0.15) is 41.5 Å². The van der Waals surface area contributed by atoms with E-state index in [1.165, 1.54) is 46.4 Å². The van der Waals surface area contributed by atoms with Crippen LogP contribution in [0, 0.1) is 0 Å². The van der Waals surface area contributed by atoms with E-state index in [1.54, 1.807) is 0 Å². The molecule has 0 saturated carbocycles. The maximum atomic E-state index is 9.75. The van der Waals surface area contributed by atoms with Crippen molar-refractivity contribution in [3.05, 3.63) is 0 Å². The molecule has 0 aliphatic carbocycles. The van der Waals surface area contributed by atoms with Gasteiger partial charge in [-0.05, 0) is 41.5 Å². The molecular formula is C9H21NO5Ti. The summed E-state index contributed by atoms with van der Waals surface area (Å²) in [5.41, 5.74) is -3.84. The average Bonchev–Trinajstić information content (AvgIpc) is 1.74. The van der Waals surface area contributed by atoms with Crippen molar-refractivity contribution >= 4 is 0 Å². The molecule has 0 amide bonds. The fraction of sp³-hybridized carbons (Fsp3) is 1.00. The molecular weight excluding hydrogens is 250 g/mol. The molecule has 0 heterocycles. The van der Waals surface area contributed by atoms with Crippen molar-refractivity contribution in [3.63, 3.8) is 0 Å². The van der Waals surface area contributed by atoms with Crippen molar-refractivity contribution in [3.8, 4) is 0 Å². The zero-order valence-corrected chi connectivity index (χ0v) is 12.2. The Morgan fingerprint density at radius 3 is 0.875 bits per heavy atom. The van der Waals surface area contributed by atoms with Gasteiger partial charge in [-0.2, -0.15) is 0 Å². The van der Waals surface area contributed by atoms with Crippen molar-refractivity contribution < 1.29 is 41.1 Å². The van der Waals surface area contributed by atoms with Crippen LogP contribution in [-0.2, 0) is 25.7 Å². The van der Waals surface area contributed by atoms with E-state index in [1.807, 2.05) is 0 Å². The van der Waals surface area contributed by atoms with Gasteiger partial charge in [-0.25, -0.2) is 4.90 Å². The van der Waals surface area contributed by atoms with Gasteiger partial charge < -0.3 is 15.3 Å². The van der Waals surface area contributed by atoms with Crippen molar-refractivity contribution in [2.24, 2.45) is 0 Å². The van der Waals surface area contributed by atoms with Gasteiger partial charge in [-0.15, -0.1) is 0 Å². The summed E-state index contributed by atoms with van der Waals surface area (Å²) < 4.78 is 17.0. The summed E-state index contributed by atoms with van der Waals surface area (Å²) in [6.07, 6.45) is 0. The van der Waals surface area contributed by atoms with Crippen molar-refractivity contribution in [1.82, 2.24) is 4.90 Å². The third kappa shape index (κ3) is 7.43. The Hall–Kier alpha value is 0.154. The van der Waals surface area contributed by atoms with Crippen molar-refractivity contribution in [1.29, 1.82) is 0 Å². The summed E-state index contributed by atoms with van der Waals surface area (Å²) in [5.74, 6) is 0. The molecule has 0 rings (SSSR count). The third-order valence-electron chi connectivity index (χ3n) is 1.64. The summed E-state index contributed by atoms with van der Waals surface area (Å²) in [7, 11) is 0. The quantitative estimate of drug-likeness (QED) is 0.502. The Balaban J connectivity index is 0. The second kappa shape index (κ2) is 6.19. The third-order valence-corrected chi connectivity index (χ3v) is 1.64. The maximum absolute atomic E-state index is 9.75. The summed E-state index contributed by atoms with van der Waals surface area (Å²) in [5, 5.41) is 29.3. The van der Waals surface area contributed by atoms with Gasteiger partial charge in [0.1, 0.15) is 17.2 Å². The first-order chi connectivity index (χ1) is 6.78. The van der Waals surface area contributed by atoms with Gasteiger partial charge in [-0.1, -0.05) is 0 Å². The molecule has 0 aromatic heterocycles. The zero-order chi connectivity index (χ0) is 13.8. The van der Waals surface area contributed by atoms with Crippen LogP contribution in [0.25, 0.3) is 0 Å². The fourth-order valence-electron chi connectivity index (χ4n) is 2.01. The van der Waals surface area contributed by atoms with E-state index in [4.69, 9.17) is 6.65 Å². The van der Waals surface area contributed by atoms with E-state index in [2.05, 4.69) is 0 Å². The molecule has 0 aliphatic heterocycles. The minimum atomic E-state index is -2.00. The summed E-state index contributed by atoms with van der Waals surface area (Å²) in [4.78, 5) is 1.23. The first-order valence-electron chi connectivity index (χ1n) is 4.75. The molecule has 0 fully saturated rings. The van der Waals surface area contributed by atoms with Crippen molar-refractivity contribution in [2.45, 2.75) is 58.7 Å². The molecule has 16 heavy (non-hydrogen) atoms. The van der Waals surface area contributed by atoms with Gasteiger partial charge in [0.05, 0.1) is 0 Å². The molecule has 0 saturated heterocycles. The topological polar surface area (TPSA) is 98.1 Å². The molecule has 7 heteroatoms. The Kier molecular flexibility index (Phi) is 7.16. The summed E-state index contributed by atoms with van der Waals surface area (Å²) in [6, 6.07) is 0. The molecule has 0 radical (unpaired) electrons. The van der Waals surface area contributed by atoms with Crippen LogP contribution in [0.5, 0.6) is 0 Å². The summed E-state index contributed by atoms with van der Waals surface area (Å²) in [6.45, 7) is 9.10. The fourth-order valence-corrected chi connectivity index (χ4v) is 2.01. The number of hydrogen-bond acceptors (Lipinski definition) is 6. The number of rotatable bonds is 3. The molecule has 0 unspecified atom stereocenters. The van der Waals surface area contributed by atoms with Crippen LogP contribution in [-0.4, -0.2) is 37.4 Å². The Bertz CT molecular complexity index is 209. The van der Waals surface area contributed by atoms with Crippen LogP contribution in [0.15, 0.2) is 0 Å². The Morgan fingerprint density at radius 1 is 0.750 bits per heavy atom. The van der Waals surface area contributed by atoms with E-state index in [-0.39, 0.29) is 0 Å². The Morgan fingerprint density at radius 2 is 0.875 bits per heavy atom. The second-order valence-electron chi connectivity index (χ2n) is 4.90. The minimum absolute atomic E-state index is 1.23. The van der Waals surface area contributed by atoms with Crippen LogP contribution in [0.4, 0.5) is 0 Å². The number of aliphatic hydroxyl groups is 3. The molecule has 0 aromatic rings. The van der Waals surface area contributed by atoms with E-state index >= 15 is 0 Å². The first-order valence-corrected chi connectivity index (χ1v) is 6.02. The molecule has 0 spiro atoms. The predicted octanol–water partition coefficient (Wildman–Crippen LogP) is 0.234. The van der Waals surface area contributed by atoms with E-state index < -0.39 is 36.3 Å². The van der Waals surface area contributed by atoms with Crippen LogP contribution >= 0.6 is 0 Å². The molecule has 96 valence electrons. The standard InChI is InChI=1S/C9H21NO3.2O.Ti/c1-7(2,11)10(8(3,4)12)9(5,6)13;;;/h11-13H,1-6H3;;;. The van der Waals surface area contributed by atoms with Crippen molar-refractivity contribution in [2.75, 3.05) is 0 Å². The van der Waals surface area contributed by atoms with Gasteiger partial charge in [-0.3, -0.25) is 0 Å². The first kappa shape index (κ1) is 18.5. The molecule has 0 aromatic carbocycles. The van der Waals surface area contributed by atoms with Gasteiger partial charge in [0.25, 0.3) is 0 Å². The molecule has 0 atom stereocenters. The molecule has 0 bridgehead atoms. The van der Waals surface area contributed by atoms with Crippen LogP contribution in [0.2, 0.25) is 0 Å². The molecule has 3 N–H and O–H groups in total. The van der Waals surface area contributed by atoms with E-state index in [0.717, 1.165) is 0 Å². The Labute approximate surface area is 105 Å². The SMILES string of the molecule is CC(C)(O)N(C(C)(C)O)C(C)(C)O.[O]=[Ti]=[O]. The van der Waals surface area contributed by atoms with Gasteiger partial charge in [0, 0.05) is 0 Å². The van der Waals surface area contributed by atoms with Crippen LogP contribution < -0.4 is 0 Å². The predicted molar refractivity (Wildman–Crippen MR) is 52.1 cm³/mol. The van der Waals surface area contributed by atoms with Gasteiger partial charge in [0.2, 0.25) is 0 Å².